The molecule has 0 aliphatic carbocycles. The lowest BCUT2D eigenvalue weighted by Crippen LogP contribution is -2.15. The van der Waals surface area contributed by atoms with Gasteiger partial charge in [-0.1, -0.05) is 37.6 Å². The fourth-order valence-corrected chi connectivity index (χ4v) is 3.27. The summed E-state index contributed by atoms with van der Waals surface area (Å²) in [6.07, 6.45) is 6.51. The maximum absolute atomic E-state index is 12.0. The number of hydrogen-bond acceptors (Lipinski definition) is 6. The van der Waals surface area contributed by atoms with E-state index in [1.165, 1.54) is 6.08 Å². The van der Waals surface area contributed by atoms with Crippen LogP contribution in [0.4, 0.5) is 0 Å². The maximum Gasteiger partial charge on any atom is 0.344 e. The topological polar surface area (TPSA) is 70.4 Å². The molecule has 6 nitrogen and oxygen atoms in total. The van der Waals surface area contributed by atoms with E-state index in [9.17, 15) is 9.59 Å². The lowest BCUT2D eigenvalue weighted by atomic mass is 10.2. The van der Waals surface area contributed by atoms with Crippen molar-refractivity contribution in [2.75, 3.05) is 13.2 Å². The summed E-state index contributed by atoms with van der Waals surface area (Å²) in [7, 11) is 0. The predicted molar refractivity (Wildman–Crippen MR) is 113 cm³/mol. The molecule has 0 aliphatic rings. The van der Waals surface area contributed by atoms with E-state index < -0.39 is 18.5 Å². The van der Waals surface area contributed by atoms with Crippen LogP contribution < -0.4 is 0 Å². The third-order valence-corrected chi connectivity index (χ3v) is 4.89. The highest BCUT2D eigenvalue weighted by Gasteiger charge is 2.12. The Labute approximate surface area is 173 Å². The standard InChI is InChI=1S/C22H22N2O4S/c1-2-3-13-27-21(26)16-28-20(25)12-11-17-15-24(18-8-5-4-6-9-18)23-22(17)19-10-7-14-29-19/h4-12,14-15H,2-3,13,16H2,1H3/b12-11+. The van der Waals surface area contributed by atoms with Crippen molar-refractivity contribution in [1.82, 2.24) is 9.78 Å². The number of hydrogen-bond donors (Lipinski definition) is 0. The van der Waals surface area contributed by atoms with Crippen molar-refractivity contribution < 1.29 is 19.1 Å². The van der Waals surface area contributed by atoms with Crippen LogP contribution in [-0.4, -0.2) is 34.9 Å². The average molecular weight is 410 g/mol. The number of benzene rings is 1. The van der Waals surface area contributed by atoms with Crippen molar-refractivity contribution >= 4 is 29.4 Å². The molecule has 2 heterocycles. The number of rotatable bonds is 9. The Morgan fingerprint density at radius 1 is 1.14 bits per heavy atom. The first-order valence-electron chi connectivity index (χ1n) is 9.37. The van der Waals surface area contributed by atoms with Crippen molar-refractivity contribution in [3.63, 3.8) is 0 Å². The van der Waals surface area contributed by atoms with Gasteiger partial charge in [0.15, 0.2) is 6.61 Å². The van der Waals surface area contributed by atoms with E-state index >= 15 is 0 Å². The summed E-state index contributed by atoms with van der Waals surface area (Å²) >= 11 is 1.57. The summed E-state index contributed by atoms with van der Waals surface area (Å²) in [6.45, 7) is 1.95. The van der Waals surface area contributed by atoms with Gasteiger partial charge in [0, 0.05) is 17.8 Å². The minimum absolute atomic E-state index is 0.339. The molecule has 0 radical (unpaired) electrons. The normalized spacial score (nSPS) is 10.9. The van der Waals surface area contributed by atoms with Gasteiger partial charge in [0.2, 0.25) is 0 Å². The average Bonchev–Trinajstić information content (AvgIpc) is 3.41. The van der Waals surface area contributed by atoms with Crippen LogP contribution in [0.5, 0.6) is 0 Å². The second-order valence-electron chi connectivity index (χ2n) is 6.21. The van der Waals surface area contributed by atoms with Gasteiger partial charge in [0.1, 0.15) is 5.69 Å². The molecular formula is C22H22N2O4S. The molecule has 3 rings (SSSR count). The van der Waals surface area contributed by atoms with E-state index in [-0.39, 0.29) is 0 Å². The molecule has 2 aromatic heterocycles. The molecule has 1 aromatic carbocycles. The van der Waals surface area contributed by atoms with Crippen molar-refractivity contribution in [2.45, 2.75) is 19.8 Å². The van der Waals surface area contributed by atoms with Crippen molar-refractivity contribution in [2.24, 2.45) is 0 Å². The van der Waals surface area contributed by atoms with Crippen molar-refractivity contribution in [1.29, 1.82) is 0 Å². The smallest absolute Gasteiger partial charge is 0.344 e. The summed E-state index contributed by atoms with van der Waals surface area (Å²) < 4.78 is 11.7. The molecule has 0 aliphatic heterocycles. The van der Waals surface area contributed by atoms with Gasteiger partial charge < -0.3 is 9.47 Å². The quantitative estimate of drug-likeness (QED) is 0.295. The molecule has 0 saturated carbocycles. The molecule has 0 unspecified atom stereocenters. The Morgan fingerprint density at radius 2 is 1.97 bits per heavy atom. The van der Waals surface area contributed by atoms with Crippen LogP contribution in [0.25, 0.3) is 22.3 Å². The number of carbonyl (C=O) groups excluding carboxylic acids is 2. The number of carbonyl (C=O) groups is 2. The van der Waals surface area contributed by atoms with E-state index in [0.29, 0.717) is 6.61 Å². The SMILES string of the molecule is CCCCOC(=O)COC(=O)/C=C/c1cn(-c2ccccc2)nc1-c1cccs1. The van der Waals surface area contributed by atoms with Gasteiger partial charge >= 0.3 is 11.9 Å². The Hall–Kier alpha value is -3.19. The van der Waals surface area contributed by atoms with Crippen LogP contribution in [0, 0.1) is 0 Å². The largest absolute Gasteiger partial charge is 0.463 e. The number of ether oxygens (including phenoxy) is 2. The van der Waals surface area contributed by atoms with Gasteiger partial charge in [-0.2, -0.15) is 5.10 Å². The minimum Gasteiger partial charge on any atom is -0.463 e. The van der Waals surface area contributed by atoms with E-state index in [4.69, 9.17) is 9.47 Å². The van der Waals surface area contributed by atoms with Crippen LogP contribution in [0.1, 0.15) is 25.3 Å². The van der Waals surface area contributed by atoms with Crippen LogP contribution in [0.15, 0.2) is 60.1 Å². The van der Waals surface area contributed by atoms with E-state index in [1.807, 2.05) is 61.0 Å². The first-order valence-corrected chi connectivity index (χ1v) is 10.2. The van der Waals surface area contributed by atoms with Gasteiger partial charge in [0.05, 0.1) is 17.2 Å². The highest BCUT2D eigenvalue weighted by atomic mass is 32.1. The Morgan fingerprint density at radius 3 is 2.69 bits per heavy atom. The molecule has 0 amide bonds. The van der Waals surface area contributed by atoms with Gasteiger partial charge in [-0.3, -0.25) is 0 Å². The first-order chi connectivity index (χ1) is 14.2. The lowest BCUT2D eigenvalue weighted by Gasteiger charge is -2.03. The summed E-state index contributed by atoms with van der Waals surface area (Å²) in [5.74, 6) is -1.15. The molecule has 0 N–H and O–H groups in total. The summed E-state index contributed by atoms with van der Waals surface area (Å²) in [5.41, 5.74) is 2.47. The molecule has 150 valence electrons. The fourth-order valence-electron chi connectivity index (χ4n) is 2.54. The molecule has 7 heteroatoms. The maximum atomic E-state index is 12.0. The number of nitrogens with zero attached hydrogens (tertiary/aromatic N) is 2. The number of esters is 2. The highest BCUT2D eigenvalue weighted by molar-refractivity contribution is 7.13. The van der Waals surface area contributed by atoms with Crippen molar-refractivity contribution in [3.8, 4) is 16.3 Å². The molecule has 0 saturated heterocycles. The lowest BCUT2D eigenvalue weighted by molar-refractivity contribution is -0.156. The van der Waals surface area contributed by atoms with E-state index in [1.54, 1.807) is 22.1 Å². The molecule has 0 bridgehead atoms. The van der Waals surface area contributed by atoms with Gasteiger partial charge in [-0.05, 0) is 36.1 Å². The number of para-hydroxylation sites is 1. The van der Waals surface area contributed by atoms with Crippen LogP contribution >= 0.6 is 11.3 Å². The van der Waals surface area contributed by atoms with Gasteiger partial charge in [-0.15, -0.1) is 11.3 Å². The zero-order valence-corrected chi connectivity index (χ0v) is 16.9. The molecule has 0 spiro atoms. The second kappa shape index (κ2) is 10.4. The third-order valence-electron chi connectivity index (χ3n) is 4.01. The third kappa shape index (κ3) is 5.89. The number of unbranched alkanes of at least 4 members (excludes halogenated alkanes) is 1. The van der Waals surface area contributed by atoms with E-state index in [0.717, 1.165) is 34.7 Å². The summed E-state index contributed by atoms with van der Waals surface area (Å²) in [6, 6.07) is 13.7. The number of thiophene rings is 1. The number of aromatic nitrogens is 2. The fraction of sp³-hybridized carbons (Fsp3) is 0.227. The van der Waals surface area contributed by atoms with Gasteiger partial charge in [-0.25, -0.2) is 14.3 Å². The first kappa shape index (κ1) is 20.5. The molecular weight excluding hydrogens is 388 g/mol. The van der Waals surface area contributed by atoms with Crippen LogP contribution in [0.2, 0.25) is 0 Å². The van der Waals surface area contributed by atoms with Gasteiger partial charge in [0.25, 0.3) is 0 Å². The zero-order valence-electron chi connectivity index (χ0n) is 16.1. The predicted octanol–water partition coefficient (Wildman–Crippen LogP) is 4.50. The Balaban J connectivity index is 1.70. The van der Waals surface area contributed by atoms with Crippen LogP contribution in [0.3, 0.4) is 0 Å². The highest BCUT2D eigenvalue weighted by Crippen LogP contribution is 2.28. The minimum atomic E-state index is -0.609. The molecule has 0 fully saturated rings. The monoisotopic (exact) mass is 410 g/mol. The second-order valence-corrected chi connectivity index (χ2v) is 7.15. The van der Waals surface area contributed by atoms with E-state index in [2.05, 4.69) is 5.10 Å². The summed E-state index contributed by atoms with van der Waals surface area (Å²) in [5, 5.41) is 6.64. The molecule has 29 heavy (non-hydrogen) atoms. The molecule has 0 atom stereocenters. The molecule has 3 aromatic rings. The summed E-state index contributed by atoms with van der Waals surface area (Å²) in [4.78, 5) is 24.5. The van der Waals surface area contributed by atoms with Crippen LogP contribution in [-0.2, 0) is 19.1 Å². The zero-order chi connectivity index (χ0) is 20.5. The Bertz CT molecular complexity index is 962. The Kier molecular flexibility index (Phi) is 7.35. The van der Waals surface area contributed by atoms with Crippen molar-refractivity contribution in [3.05, 3.63) is 65.7 Å².